The molecular formula is C21H21NO5S. The zero-order valence-electron chi connectivity index (χ0n) is 15.5. The number of para-hydroxylation sites is 1. The molecule has 0 radical (unpaired) electrons. The molecule has 0 atom stereocenters. The lowest BCUT2D eigenvalue weighted by molar-refractivity contribution is -0.124. The van der Waals surface area contributed by atoms with Crippen molar-refractivity contribution in [1.29, 1.82) is 0 Å². The lowest BCUT2D eigenvalue weighted by Crippen LogP contribution is -2.30. The van der Waals surface area contributed by atoms with Gasteiger partial charge in [0.1, 0.15) is 5.58 Å². The van der Waals surface area contributed by atoms with E-state index >= 15 is 0 Å². The zero-order valence-corrected chi connectivity index (χ0v) is 16.3. The molecule has 1 N–H and O–H groups in total. The number of fused-ring (bicyclic) bond motifs is 1. The van der Waals surface area contributed by atoms with Crippen molar-refractivity contribution in [2.24, 2.45) is 0 Å². The Labute approximate surface area is 167 Å². The number of nitrogens with one attached hydrogen (secondary N) is 1. The number of hydrogen-bond donors (Lipinski definition) is 1. The first-order chi connectivity index (χ1) is 13.7. The van der Waals surface area contributed by atoms with Crippen molar-refractivity contribution in [3.63, 3.8) is 0 Å². The standard InChI is InChI=1S/C21H21NO5S/c1-25-13-17-16-9-5-6-10-18(16)27-20(17)21(24)26-14-19(23)22-11-12-28-15-7-3-2-4-8-15/h2-10H,11-14H2,1H3,(H,22,23). The Hall–Kier alpha value is -2.77. The van der Waals surface area contributed by atoms with Crippen molar-refractivity contribution >= 4 is 34.6 Å². The Morgan fingerprint density at radius 1 is 1.07 bits per heavy atom. The Balaban J connectivity index is 1.49. The minimum atomic E-state index is -0.683. The zero-order chi connectivity index (χ0) is 19.8. The van der Waals surface area contributed by atoms with Crippen LogP contribution in [0.3, 0.4) is 0 Å². The molecule has 7 heteroatoms. The summed E-state index contributed by atoms with van der Waals surface area (Å²) in [6, 6.07) is 17.2. The van der Waals surface area contributed by atoms with Crippen LogP contribution in [0.4, 0.5) is 0 Å². The summed E-state index contributed by atoms with van der Waals surface area (Å²) in [5.74, 6) is -0.246. The van der Waals surface area contributed by atoms with E-state index in [0.29, 0.717) is 17.7 Å². The van der Waals surface area contributed by atoms with Gasteiger partial charge in [-0.05, 0) is 18.2 Å². The van der Waals surface area contributed by atoms with E-state index in [9.17, 15) is 9.59 Å². The lowest BCUT2D eigenvalue weighted by Gasteiger charge is -2.06. The molecule has 0 bridgehead atoms. The number of amides is 1. The Morgan fingerprint density at radius 3 is 2.61 bits per heavy atom. The highest BCUT2D eigenvalue weighted by molar-refractivity contribution is 7.99. The summed E-state index contributed by atoms with van der Waals surface area (Å²) in [5.41, 5.74) is 1.19. The minimum Gasteiger partial charge on any atom is -0.450 e. The number of furan rings is 1. The predicted octanol–water partition coefficient (Wildman–Crippen LogP) is 3.64. The summed E-state index contributed by atoms with van der Waals surface area (Å²) in [7, 11) is 1.54. The van der Waals surface area contributed by atoms with Crippen LogP contribution in [0.25, 0.3) is 11.0 Å². The van der Waals surface area contributed by atoms with Gasteiger partial charge in [0, 0.05) is 35.3 Å². The monoisotopic (exact) mass is 399 g/mol. The third-order valence-corrected chi connectivity index (χ3v) is 4.96. The number of ether oxygens (including phenoxy) is 2. The molecule has 3 rings (SSSR count). The van der Waals surface area contributed by atoms with Crippen molar-refractivity contribution < 1.29 is 23.5 Å². The van der Waals surface area contributed by atoms with Gasteiger partial charge in [0.05, 0.1) is 6.61 Å². The number of esters is 1. The highest BCUT2D eigenvalue weighted by Crippen LogP contribution is 2.27. The molecule has 2 aromatic carbocycles. The van der Waals surface area contributed by atoms with Crippen molar-refractivity contribution in [2.45, 2.75) is 11.5 Å². The lowest BCUT2D eigenvalue weighted by atomic mass is 10.1. The summed E-state index contributed by atoms with van der Waals surface area (Å²) < 4.78 is 15.9. The number of thioether (sulfide) groups is 1. The normalized spacial score (nSPS) is 10.8. The molecule has 0 aliphatic heterocycles. The van der Waals surface area contributed by atoms with Crippen LogP contribution < -0.4 is 5.32 Å². The predicted molar refractivity (Wildman–Crippen MR) is 107 cm³/mol. The van der Waals surface area contributed by atoms with Gasteiger partial charge in [-0.25, -0.2) is 4.79 Å². The number of methoxy groups -OCH3 is 1. The molecule has 1 heterocycles. The van der Waals surface area contributed by atoms with E-state index in [2.05, 4.69) is 5.32 Å². The quantitative estimate of drug-likeness (QED) is 0.336. The SMILES string of the molecule is COCc1c(C(=O)OCC(=O)NCCSc2ccccc2)oc2ccccc12. The van der Waals surface area contributed by atoms with E-state index in [-0.39, 0.29) is 24.9 Å². The van der Waals surface area contributed by atoms with Gasteiger partial charge in [-0.3, -0.25) is 4.79 Å². The van der Waals surface area contributed by atoms with E-state index in [4.69, 9.17) is 13.9 Å². The second-order valence-electron chi connectivity index (χ2n) is 5.93. The van der Waals surface area contributed by atoms with Gasteiger partial charge in [0.25, 0.3) is 5.91 Å². The molecule has 0 unspecified atom stereocenters. The average Bonchev–Trinajstić information content (AvgIpc) is 3.09. The van der Waals surface area contributed by atoms with E-state index in [0.717, 1.165) is 16.0 Å². The molecular weight excluding hydrogens is 378 g/mol. The molecule has 0 saturated heterocycles. The molecule has 0 aliphatic carbocycles. The minimum absolute atomic E-state index is 0.0653. The molecule has 0 fully saturated rings. The Morgan fingerprint density at radius 2 is 1.82 bits per heavy atom. The molecule has 28 heavy (non-hydrogen) atoms. The van der Waals surface area contributed by atoms with Gasteiger partial charge >= 0.3 is 5.97 Å². The van der Waals surface area contributed by atoms with Gasteiger partial charge in [-0.1, -0.05) is 36.4 Å². The molecule has 3 aromatic rings. The number of benzene rings is 2. The summed E-state index contributed by atoms with van der Waals surface area (Å²) in [6.45, 7) is 0.332. The Bertz CT molecular complexity index is 938. The fourth-order valence-corrected chi connectivity index (χ4v) is 3.46. The second-order valence-corrected chi connectivity index (χ2v) is 7.09. The van der Waals surface area contributed by atoms with E-state index in [1.165, 1.54) is 7.11 Å². The third-order valence-electron chi connectivity index (χ3n) is 3.94. The average molecular weight is 399 g/mol. The molecule has 1 aromatic heterocycles. The van der Waals surface area contributed by atoms with Crippen LogP contribution in [0, 0.1) is 0 Å². The maximum absolute atomic E-state index is 12.4. The molecule has 0 aliphatic rings. The topological polar surface area (TPSA) is 77.8 Å². The van der Waals surface area contributed by atoms with Gasteiger partial charge in [-0.2, -0.15) is 0 Å². The summed E-state index contributed by atoms with van der Waals surface area (Å²) in [5, 5.41) is 3.52. The van der Waals surface area contributed by atoms with Crippen LogP contribution in [0.2, 0.25) is 0 Å². The van der Waals surface area contributed by atoms with Crippen molar-refractivity contribution in [3.8, 4) is 0 Å². The highest BCUT2D eigenvalue weighted by Gasteiger charge is 2.22. The molecule has 6 nitrogen and oxygen atoms in total. The Kier molecular flexibility index (Phi) is 7.11. The summed E-state index contributed by atoms with van der Waals surface area (Å²) in [4.78, 5) is 25.4. The smallest absolute Gasteiger partial charge is 0.375 e. The van der Waals surface area contributed by atoms with Crippen LogP contribution in [0.5, 0.6) is 0 Å². The van der Waals surface area contributed by atoms with Gasteiger partial charge < -0.3 is 19.2 Å². The fourth-order valence-electron chi connectivity index (χ4n) is 2.68. The van der Waals surface area contributed by atoms with E-state index in [1.807, 2.05) is 48.5 Å². The van der Waals surface area contributed by atoms with Crippen molar-refractivity contribution in [1.82, 2.24) is 5.32 Å². The summed E-state index contributed by atoms with van der Waals surface area (Å²) in [6.07, 6.45) is 0. The van der Waals surface area contributed by atoms with E-state index < -0.39 is 5.97 Å². The first kappa shape index (κ1) is 20.0. The van der Waals surface area contributed by atoms with Crippen LogP contribution in [-0.4, -0.2) is 37.9 Å². The van der Waals surface area contributed by atoms with Crippen LogP contribution in [0.1, 0.15) is 16.1 Å². The number of hydrogen-bond acceptors (Lipinski definition) is 6. The fraction of sp³-hybridized carbons (Fsp3) is 0.238. The van der Waals surface area contributed by atoms with Crippen molar-refractivity contribution in [2.75, 3.05) is 26.0 Å². The first-order valence-electron chi connectivity index (χ1n) is 8.80. The maximum atomic E-state index is 12.4. The van der Waals surface area contributed by atoms with Crippen LogP contribution in [0.15, 0.2) is 63.9 Å². The second kappa shape index (κ2) is 9.96. The highest BCUT2D eigenvalue weighted by atomic mass is 32.2. The first-order valence-corrected chi connectivity index (χ1v) is 9.78. The largest absolute Gasteiger partial charge is 0.450 e. The maximum Gasteiger partial charge on any atom is 0.375 e. The number of carbonyl (C=O) groups excluding carboxylic acids is 2. The van der Waals surface area contributed by atoms with Gasteiger partial charge in [0.2, 0.25) is 5.76 Å². The number of rotatable bonds is 9. The van der Waals surface area contributed by atoms with Gasteiger partial charge in [-0.15, -0.1) is 11.8 Å². The van der Waals surface area contributed by atoms with Crippen LogP contribution >= 0.6 is 11.8 Å². The molecule has 146 valence electrons. The molecule has 1 amide bonds. The summed E-state index contributed by atoms with van der Waals surface area (Å²) >= 11 is 1.64. The molecule has 0 spiro atoms. The van der Waals surface area contributed by atoms with E-state index in [1.54, 1.807) is 17.8 Å². The molecule has 0 saturated carbocycles. The number of carbonyl (C=O) groups is 2. The van der Waals surface area contributed by atoms with Gasteiger partial charge in [0.15, 0.2) is 6.61 Å². The van der Waals surface area contributed by atoms with Crippen LogP contribution in [-0.2, 0) is 20.9 Å². The third kappa shape index (κ3) is 5.15. The van der Waals surface area contributed by atoms with Crippen molar-refractivity contribution in [3.05, 3.63) is 65.9 Å².